The molecule has 0 aliphatic carbocycles. The van der Waals surface area contributed by atoms with Gasteiger partial charge in [0, 0.05) is 11.3 Å². The molecule has 4 rings (SSSR count). The Hall–Kier alpha value is -4.58. The molecule has 164 valence electrons. The van der Waals surface area contributed by atoms with E-state index in [9.17, 15) is 14.7 Å². The molecule has 6 heteroatoms. The molecule has 0 unspecified atom stereocenters. The summed E-state index contributed by atoms with van der Waals surface area (Å²) < 4.78 is 11.1. The summed E-state index contributed by atoms with van der Waals surface area (Å²) in [6.07, 6.45) is 0. The highest BCUT2D eigenvalue weighted by molar-refractivity contribution is 6.05. The summed E-state index contributed by atoms with van der Waals surface area (Å²) in [5.41, 5.74) is 2.22. The monoisotopic (exact) mass is 439 g/mol. The van der Waals surface area contributed by atoms with Crippen molar-refractivity contribution in [3.63, 3.8) is 0 Å². The number of methoxy groups -OCH3 is 1. The molecule has 0 saturated heterocycles. The van der Waals surface area contributed by atoms with Crippen molar-refractivity contribution in [1.82, 2.24) is 0 Å². The Bertz CT molecular complexity index is 1300. The zero-order valence-electron chi connectivity index (χ0n) is 17.8. The second-order valence-corrected chi connectivity index (χ2v) is 7.23. The summed E-state index contributed by atoms with van der Waals surface area (Å²) in [5.74, 6) is 0.354. The highest BCUT2D eigenvalue weighted by Crippen LogP contribution is 2.28. The van der Waals surface area contributed by atoms with Crippen molar-refractivity contribution in [2.24, 2.45) is 0 Å². The fourth-order valence-electron chi connectivity index (χ4n) is 3.32. The molecule has 0 aliphatic rings. The van der Waals surface area contributed by atoms with E-state index in [0.29, 0.717) is 34.1 Å². The fraction of sp³-hybridized carbons (Fsp3) is 0.0370. The number of carbonyl (C=O) groups excluding carboxylic acids is 1. The first-order chi connectivity index (χ1) is 16.0. The van der Waals surface area contributed by atoms with Crippen LogP contribution in [-0.4, -0.2) is 24.1 Å². The predicted octanol–water partition coefficient (Wildman–Crippen LogP) is 6.11. The Balaban J connectivity index is 1.60. The minimum absolute atomic E-state index is 0.0618. The van der Waals surface area contributed by atoms with Crippen LogP contribution < -0.4 is 14.8 Å². The summed E-state index contributed by atoms with van der Waals surface area (Å²) in [6, 6.07) is 28.0. The molecule has 0 aromatic heterocycles. The van der Waals surface area contributed by atoms with E-state index in [2.05, 4.69) is 5.32 Å². The topological polar surface area (TPSA) is 84.9 Å². The molecule has 2 N–H and O–H groups in total. The number of hydrogen-bond donors (Lipinski definition) is 2. The van der Waals surface area contributed by atoms with Gasteiger partial charge in [-0.1, -0.05) is 36.4 Å². The first-order valence-corrected chi connectivity index (χ1v) is 10.2. The number of aromatic carboxylic acids is 1. The van der Waals surface area contributed by atoms with Gasteiger partial charge in [-0.05, 0) is 71.8 Å². The van der Waals surface area contributed by atoms with Crippen molar-refractivity contribution in [3.8, 4) is 28.4 Å². The number of carboxylic acids is 1. The molecule has 4 aromatic rings. The minimum atomic E-state index is -1.09. The minimum Gasteiger partial charge on any atom is -0.497 e. The van der Waals surface area contributed by atoms with Gasteiger partial charge in [0.2, 0.25) is 0 Å². The standard InChI is InChI=1S/C27H21NO5/c1-32-24-11-5-7-18(16-24)20-13-21(27(30)31)15-22(14-20)28-26(29)19-8-6-12-25(17-19)33-23-9-3-2-4-10-23/h2-17H,1H3,(H,28,29)(H,30,31). The third-order valence-electron chi connectivity index (χ3n) is 4.92. The van der Waals surface area contributed by atoms with E-state index >= 15 is 0 Å². The van der Waals surface area contributed by atoms with Gasteiger partial charge in [0.25, 0.3) is 5.91 Å². The van der Waals surface area contributed by atoms with Crippen LogP contribution >= 0.6 is 0 Å². The lowest BCUT2D eigenvalue weighted by atomic mass is 10.0. The van der Waals surface area contributed by atoms with Gasteiger partial charge in [-0.2, -0.15) is 0 Å². The van der Waals surface area contributed by atoms with E-state index in [0.717, 1.165) is 5.56 Å². The van der Waals surface area contributed by atoms with Gasteiger partial charge in [0.15, 0.2) is 0 Å². The van der Waals surface area contributed by atoms with E-state index in [1.165, 1.54) is 6.07 Å². The van der Waals surface area contributed by atoms with E-state index in [1.807, 2.05) is 42.5 Å². The Morgan fingerprint density at radius 2 is 1.42 bits per heavy atom. The number of nitrogens with one attached hydrogen (secondary N) is 1. The van der Waals surface area contributed by atoms with Gasteiger partial charge in [0.05, 0.1) is 12.7 Å². The van der Waals surface area contributed by atoms with Crippen LogP contribution in [-0.2, 0) is 0 Å². The SMILES string of the molecule is COc1cccc(-c2cc(NC(=O)c3cccc(Oc4ccccc4)c3)cc(C(=O)O)c2)c1. The lowest BCUT2D eigenvalue weighted by Crippen LogP contribution is -2.12. The largest absolute Gasteiger partial charge is 0.497 e. The molecular weight excluding hydrogens is 418 g/mol. The lowest BCUT2D eigenvalue weighted by Gasteiger charge is -2.11. The van der Waals surface area contributed by atoms with Crippen LogP contribution in [0.5, 0.6) is 17.2 Å². The number of rotatable bonds is 7. The van der Waals surface area contributed by atoms with Crippen LogP contribution in [0.4, 0.5) is 5.69 Å². The Labute approximate surface area is 191 Å². The van der Waals surface area contributed by atoms with Crippen molar-refractivity contribution in [1.29, 1.82) is 0 Å². The molecule has 0 radical (unpaired) electrons. The van der Waals surface area contributed by atoms with Crippen molar-refractivity contribution in [2.45, 2.75) is 0 Å². The molecule has 0 spiro atoms. The summed E-state index contributed by atoms with van der Waals surface area (Å²) in [6.45, 7) is 0. The summed E-state index contributed by atoms with van der Waals surface area (Å²) in [4.78, 5) is 24.6. The molecule has 33 heavy (non-hydrogen) atoms. The van der Waals surface area contributed by atoms with Gasteiger partial charge in [-0.15, -0.1) is 0 Å². The number of carbonyl (C=O) groups is 2. The second kappa shape index (κ2) is 9.70. The van der Waals surface area contributed by atoms with Crippen molar-refractivity contribution in [2.75, 3.05) is 12.4 Å². The number of anilines is 1. The van der Waals surface area contributed by atoms with Crippen LogP contribution in [0, 0.1) is 0 Å². The maximum Gasteiger partial charge on any atom is 0.335 e. The van der Waals surface area contributed by atoms with Gasteiger partial charge in [-0.3, -0.25) is 4.79 Å². The predicted molar refractivity (Wildman–Crippen MR) is 126 cm³/mol. The number of benzene rings is 4. The zero-order chi connectivity index (χ0) is 23.2. The number of amides is 1. The average molecular weight is 439 g/mol. The van der Waals surface area contributed by atoms with E-state index in [-0.39, 0.29) is 11.5 Å². The highest BCUT2D eigenvalue weighted by Gasteiger charge is 2.13. The normalized spacial score (nSPS) is 10.3. The van der Waals surface area contributed by atoms with Gasteiger partial charge >= 0.3 is 5.97 Å². The van der Waals surface area contributed by atoms with E-state index in [1.54, 1.807) is 55.6 Å². The molecular formula is C27H21NO5. The first kappa shape index (κ1) is 21.6. The van der Waals surface area contributed by atoms with Crippen LogP contribution in [0.2, 0.25) is 0 Å². The van der Waals surface area contributed by atoms with E-state index in [4.69, 9.17) is 9.47 Å². The molecule has 0 fully saturated rings. The Morgan fingerprint density at radius 3 is 2.18 bits per heavy atom. The highest BCUT2D eigenvalue weighted by atomic mass is 16.5. The number of ether oxygens (including phenoxy) is 2. The molecule has 0 saturated carbocycles. The molecule has 6 nitrogen and oxygen atoms in total. The molecule has 0 bridgehead atoms. The molecule has 0 atom stereocenters. The van der Waals surface area contributed by atoms with Crippen LogP contribution in [0.25, 0.3) is 11.1 Å². The zero-order valence-corrected chi connectivity index (χ0v) is 17.8. The maximum atomic E-state index is 12.9. The van der Waals surface area contributed by atoms with Crippen LogP contribution in [0.15, 0.2) is 97.1 Å². The van der Waals surface area contributed by atoms with Crippen LogP contribution in [0.3, 0.4) is 0 Å². The Kier molecular flexibility index (Phi) is 6.36. The van der Waals surface area contributed by atoms with Crippen molar-refractivity contribution >= 4 is 17.6 Å². The number of carboxylic acid groups (broad SMARTS) is 1. The summed E-state index contributed by atoms with van der Waals surface area (Å²) in [7, 11) is 1.56. The summed E-state index contributed by atoms with van der Waals surface area (Å²) >= 11 is 0. The third-order valence-corrected chi connectivity index (χ3v) is 4.92. The van der Waals surface area contributed by atoms with Gasteiger partial charge in [0.1, 0.15) is 17.2 Å². The first-order valence-electron chi connectivity index (χ1n) is 10.2. The molecule has 0 aliphatic heterocycles. The summed E-state index contributed by atoms with van der Waals surface area (Å²) in [5, 5.41) is 12.3. The number of para-hydroxylation sites is 1. The quantitative estimate of drug-likeness (QED) is 0.363. The molecule has 1 amide bonds. The van der Waals surface area contributed by atoms with Crippen LogP contribution in [0.1, 0.15) is 20.7 Å². The van der Waals surface area contributed by atoms with E-state index < -0.39 is 5.97 Å². The van der Waals surface area contributed by atoms with Gasteiger partial charge in [-0.25, -0.2) is 4.79 Å². The second-order valence-electron chi connectivity index (χ2n) is 7.23. The third kappa shape index (κ3) is 5.37. The Morgan fingerprint density at radius 1 is 0.697 bits per heavy atom. The number of hydrogen-bond acceptors (Lipinski definition) is 4. The smallest absolute Gasteiger partial charge is 0.335 e. The molecule has 4 aromatic carbocycles. The lowest BCUT2D eigenvalue weighted by molar-refractivity contribution is 0.0696. The van der Waals surface area contributed by atoms with Crippen molar-refractivity contribution in [3.05, 3.63) is 108 Å². The van der Waals surface area contributed by atoms with Crippen molar-refractivity contribution < 1.29 is 24.2 Å². The maximum absolute atomic E-state index is 12.9. The fourth-order valence-corrected chi connectivity index (χ4v) is 3.32. The van der Waals surface area contributed by atoms with Gasteiger partial charge < -0.3 is 19.9 Å². The molecule has 0 heterocycles. The average Bonchev–Trinajstić information content (AvgIpc) is 2.84.